The SMILES string of the molecule is FC(F)(F)c1cccc(Nc2cnnc(Nc3cccc(Cl)c3)n2)c1. The third-order valence-corrected chi connectivity index (χ3v) is 3.34. The largest absolute Gasteiger partial charge is 0.416 e. The number of rotatable bonds is 4. The molecule has 0 aliphatic rings. The van der Waals surface area contributed by atoms with Crippen molar-refractivity contribution < 1.29 is 13.2 Å². The highest BCUT2D eigenvalue weighted by Crippen LogP contribution is 2.31. The lowest BCUT2D eigenvalue weighted by molar-refractivity contribution is -0.137. The summed E-state index contributed by atoms with van der Waals surface area (Å²) in [4.78, 5) is 4.16. The number of nitrogens with zero attached hydrogens (tertiary/aromatic N) is 3. The van der Waals surface area contributed by atoms with E-state index in [1.807, 2.05) is 0 Å². The Bertz CT molecular complexity index is 885. The number of benzene rings is 2. The molecule has 2 aromatic carbocycles. The molecule has 0 saturated heterocycles. The Morgan fingerprint density at radius 1 is 0.920 bits per heavy atom. The quantitative estimate of drug-likeness (QED) is 0.679. The van der Waals surface area contributed by atoms with Crippen LogP contribution in [0.2, 0.25) is 5.02 Å². The van der Waals surface area contributed by atoms with Crippen molar-refractivity contribution in [2.24, 2.45) is 0 Å². The molecule has 2 N–H and O–H groups in total. The summed E-state index contributed by atoms with van der Waals surface area (Å²) in [6.45, 7) is 0. The first-order valence-electron chi connectivity index (χ1n) is 7.07. The fourth-order valence-corrected chi connectivity index (χ4v) is 2.22. The van der Waals surface area contributed by atoms with Crippen molar-refractivity contribution in [1.82, 2.24) is 15.2 Å². The number of anilines is 4. The van der Waals surface area contributed by atoms with Gasteiger partial charge in [-0.3, -0.25) is 0 Å². The van der Waals surface area contributed by atoms with Gasteiger partial charge in [-0.1, -0.05) is 23.7 Å². The van der Waals surface area contributed by atoms with Crippen LogP contribution in [-0.2, 0) is 6.18 Å². The zero-order chi connectivity index (χ0) is 17.9. The van der Waals surface area contributed by atoms with Crippen LogP contribution in [0.3, 0.4) is 0 Å². The summed E-state index contributed by atoms with van der Waals surface area (Å²) in [5.41, 5.74) is 0.145. The number of aromatic nitrogens is 3. The molecule has 0 unspecified atom stereocenters. The summed E-state index contributed by atoms with van der Waals surface area (Å²) in [6.07, 6.45) is -3.11. The average Bonchev–Trinajstić information content (AvgIpc) is 2.55. The van der Waals surface area contributed by atoms with Gasteiger partial charge in [0.25, 0.3) is 0 Å². The second-order valence-corrected chi connectivity index (χ2v) is 5.44. The van der Waals surface area contributed by atoms with Gasteiger partial charge in [-0.2, -0.15) is 23.3 Å². The minimum absolute atomic E-state index is 0.180. The van der Waals surface area contributed by atoms with Crippen molar-refractivity contribution in [3.05, 3.63) is 65.3 Å². The molecule has 0 atom stereocenters. The van der Waals surface area contributed by atoms with E-state index in [4.69, 9.17) is 11.6 Å². The Kier molecular flexibility index (Phi) is 4.71. The van der Waals surface area contributed by atoms with Gasteiger partial charge in [-0.15, -0.1) is 5.10 Å². The number of nitrogens with one attached hydrogen (secondary N) is 2. The smallest absolute Gasteiger partial charge is 0.339 e. The minimum Gasteiger partial charge on any atom is -0.339 e. The number of alkyl halides is 3. The van der Waals surface area contributed by atoms with Crippen molar-refractivity contribution in [1.29, 1.82) is 0 Å². The molecular formula is C16H11ClF3N5. The summed E-state index contributed by atoms with van der Waals surface area (Å²) in [7, 11) is 0. The Labute approximate surface area is 145 Å². The minimum atomic E-state index is -4.42. The predicted molar refractivity (Wildman–Crippen MR) is 89.3 cm³/mol. The number of hydrogen-bond acceptors (Lipinski definition) is 5. The molecule has 25 heavy (non-hydrogen) atoms. The van der Waals surface area contributed by atoms with Gasteiger partial charge in [0.05, 0.1) is 11.8 Å². The van der Waals surface area contributed by atoms with Crippen LogP contribution >= 0.6 is 11.6 Å². The van der Waals surface area contributed by atoms with Crippen LogP contribution in [0.15, 0.2) is 54.7 Å². The van der Waals surface area contributed by atoms with Gasteiger partial charge in [0.15, 0.2) is 5.82 Å². The van der Waals surface area contributed by atoms with Crippen LogP contribution in [0.4, 0.5) is 36.3 Å². The molecule has 0 aliphatic heterocycles. The molecule has 0 aliphatic carbocycles. The van der Waals surface area contributed by atoms with Crippen LogP contribution in [0.1, 0.15) is 5.56 Å². The zero-order valence-electron chi connectivity index (χ0n) is 12.5. The van der Waals surface area contributed by atoms with Crippen LogP contribution in [0.5, 0.6) is 0 Å². The molecule has 128 valence electrons. The van der Waals surface area contributed by atoms with Crippen molar-refractivity contribution >= 4 is 34.7 Å². The lowest BCUT2D eigenvalue weighted by Crippen LogP contribution is -2.06. The van der Waals surface area contributed by atoms with Crippen molar-refractivity contribution in [2.45, 2.75) is 6.18 Å². The molecule has 0 radical (unpaired) electrons. The van der Waals surface area contributed by atoms with Crippen molar-refractivity contribution in [2.75, 3.05) is 10.6 Å². The topological polar surface area (TPSA) is 62.7 Å². The van der Waals surface area contributed by atoms with E-state index >= 15 is 0 Å². The van der Waals surface area contributed by atoms with E-state index in [0.29, 0.717) is 10.7 Å². The van der Waals surface area contributed by atoms with Crippen molar-refractivity contribution in [3.63, 3.8) is 0 Å². The molecule has 0 amide bonds. The van der Waals surface area contributed by atoms with Crippen LogP contribution in [-0.4, -0.2) is 15.2 Å². The molecule has 9 heteroatoms. The summed E-state index contributed by atoms with van der Waals surface area (Å²) in [5.74, 6) is 0.429. The maximum atomic E-state index is 12.8. The lowest BCUT2D eigenvalue weighted by atomic mass is 10.2. The molecule has 1 heterocycles. The molecule has 0 bridgehead atoms. The van der Waals surface area contributed by atoms with Gasteiger partial charge >= 0.3 is 6.18 Å². The summed E-state index contributed by atoms with van der Waals surface area (Å²) < 4.78 is 38.3. The molecule has 5 nitrogen and oxygen atoms in total. The van der Waals surface area contributed by atoms with E-state index in [0.717, 1.165) is 12.1 Å². The summed E-state index contributed by atoms with van der Waals surface area (Å²) in [5, 5.41) is 13.8. The first kappa shape index (κ1) is 17.0. The summed E-state index contributed by atoms with van der Waals surface area (Å²) in [6, 6.07) is 11.7. The van der Waals surface area contributed by atoms with E-state index in [1.165, 1.54) is 18.3 Å². The summed E-state index contributed by atoms with van der Waals surface area (Å²) >= 11 is 5.90. The van der Waals surface area contributed by atoms with Gasteiger partial charge in [0.1, 0.15) is 0 Å². The van der Waals surface area contributed by atoms with Gasteiger partial charge in [-0.05, 0) is 36.4 Å². The second-order valence-electron chi connectivity index (χ2n) is 5.00. The fraction of sp³-hybridized carbons (Fsp3) is 0.0625. The third kappa shape index (κ3) is 4.57. The van der Waals surface area contributed by atoms with E-state index in [-0.39, 0.29) is 17.5 Å². The van der Waals surface area contributed by atoms with E-state index < -0.39 is 11.7 Å². The third-order valence-electron chi connectivity index (χ3n) is 3.10. The van der Waals surface area contributed by atoms with Crippen LogP contribution in [0, 0.1) is 0 Å². The Hall–Kier alpha value is -2.87. The van der Waals surface area contributed by atoms with Gasteiger partial charge in [0.2, 0.25) is 5.95 Å². The van der Waals surface area contributed by atoms with Crippen LogP contribution < -0.4 is 10.6 Å². The van der Waals surface area contributed by atoms with E-state index in [9.17, 15) is 13.2 Å². The second kappa shape index (κ2) is 6.94. The molecular weight excluding hydrogens is 355 g/mol. The molecule has 1 aromatic heterocycles. The standard InChI is InChI=1S/C16H11ClF3N5/c17-11-4-2-6-13(8-11)23-15-24-14(9-21-25-15)22-12-5-1-3-10(7-12)16(18,19)20/h1-9H,(H2,22,23,24,25). The number of hydrogen-bond donors (Lipinski definition) is 2. The van der Waals surface area contributed by atoms with E-state index in [2.05, 4.69) is 25.8 Å². The monoisotopic (exact) mass is 365 g/mol. The first-order chi connectivity index (χ1) is 11.9. The lowest BCUT2D eigenvalue weighted by Gasteiger charge is -2.10. The molecule has 3 rings (SSSR count). The molecule has 0 saturated carbocycles. The maximum Gasteiger partial charge on any atom is 0.416 e. The molecule has 3 aromatic rings. The highest BCUT2D eigenvalue weighted by molar-refractivity contribution is 6.30. The normalized spacial score (nSPS) is 11.2. The van der Waals surface area contributed by atoms with E-state index in [1.54, 1.807) is 24.3 Å². The zero-order valence-corrected chi connectivity index (χ0v) is 13.3. The maximum absolute atomic E-state index is 12.8. The van der Waals surface area contributed by atoms with Gasteiger partial charge in [-0.25, -0.2) is 0 Å². The van der Waals surface area contributed by atoms with Crippen molar-refractivity contribution in [3.8, 4) is 0 Å². The van der Waals surface area contributed by atoms with Gasteiger partial charge in [0, 0.05) is 16.4 Å². The molecule has 0 fully saturated rings. The Morgan fingerprint density at radius 3 is 2.36 bits per heavy atom. The Balaban J connectivity index is 1.78. The van der Waals surface area contributed by atoms with Crippen LogP contribution in [0.25, 0.3) is 0 Å². The molecule has 0 spiro atoms. The Morgan fingerprint density at radius 2 is 1.64 bits per heavy atom. The fourth-order valence-electron chi connectivity index (χ4n) is 2.03. The predicted octanol–water partition coefficient (Wildman–Crippen LogP) is 5.03. The van der Waals surface area contributed by atoms with Gasteiger partial charge < -0.3 is 10.6 Å². The number of halogens is 4. The average molecular weight is 366 g/mol. The first-order valence-corrected chi connectivity index (χ1v) is 7.44. The highest BCUT2D eigenvalue weighted by atomic mass is 35.5. The highest BCUT2D eigenvalue weighted by Gasteiger charge is 2.30.